The molecule has 0 radical (unpaired) electrons. The smallest absolute Gasteiger partial charge is 0.426 e. The highest BCUT2D eigenvalue weighted by Gasteiger charge is 2.52. The summed E-state index contributed by atoms with van der Waals surface area (Å²) in [4.78, 5) is 11.0. The number of carboxylic acid groups (broad SMARTS) is 1. The Hall–Kier alpha value is -1.81. The summed E-state index contributed by atoms with van der Waals surface area (Å²) in [7, 11) is -3.91. The first-order valence-electron chi connectivity index (χ1n) is 7.34. The van der Waals surface area contributed by atoms with Gasteiger partial charge >= 0.3 is 12.1 Å². The topological polar surface area (TPSA) is 92.7 Å². The monoisotopic (exact) mass is 381 g/mol. The zero-order valence-electron chi connectivity index (χ0n) is 13.7. The SMILES string of the molecule is CC(C)(C)NS(=O)(=O)c1ccc2c(c1)CC(C(=O)O)C(C(F)(F)F)O2. The molecule has 2 N–H and O–H groups in total. The number of hydrogen-bond acceptors (Lipinski definition) is 4. The summed E-state index contributed by atoms with van der Waals surface area (Å²) in [6.45, 7) is 4.92. The van der Waals surface area contributed by atoms with Gasteiger partial charge in [-0.05, 0) is 51.0 Å². The van der Waals surface area contributed by atoms with Gasteiger partial charge < -0.3 is 9.84 Å². The zero-order chi connectivity index (χ0) is 19.2. The van der Waals surface area contributed by atoms with Crippen molar-refractivity contribution in [2.24, 2.45) is 5.92 Å². The van der Waals surface area contributed by atoms with Gasteiger partial charge in [-0.3, -0.25) is 4.79 Å². The lowest BCUT2D eigenvalue weighted by molar-refractivity contribution is -0.217. The lowest BCUT2D eigenvalue weighted by Crippen LogP contribution is -2.47. The quantitative estimate of drug-likeness (QED) is 0.838. The number of fused-ring (bicyclic) bond motifs is 1. The normalized spacial score (nSPS) is 21.4. The van der Waals surface area contributed by atoms with Crippen LogP contribution in [0.5, 0.6) is 5.75 Å². The van der Waals surface area contributed by atoms with Crippen molar-refractivity contribution in [3.8, 4) is 5.75 Å². The van der Waals surface area contributed by atoms with Gasteiger partial charge in [-0.15, -0.1) is 0 Å². The molecule has 140 valence electrons. The number of benzene rings is 1. The van der Waals surface area contributed by atoms with Crippen LogP contribution in [0, 0.1) is 5.92 Å². The van der Waals surface area contributed by atoms with E-state index in [1.54, 1.807) is 20.8 Å². The van der Waals surface area contributed by atoms with Gasteiger partial charge in [0.2, 0.25) is 16.1 Å². The van der Waals surface area contributed by atoms with Gasteiger partial charge in [0, 0.05) is 5.54 Å². The molecule has 1 aliphatic rings. The van der Waals surface area contributed by atoms with E-state index in [1.165, 1.54) is 0 Å². The molecular formula is C15H18F3NO5S. The Morgan fingerprint density at radius 3 is 2.36 bits per heavy atom. The van der Waals surface area contributed by atoms with Crippen molar-refractivity contribution < 1.29 is 36.2 Å². The summed E-state index contributed by atoms with van der Waals surface area (Å²) in [5.74, 6) is -3.68. The van der Waals surface area contributed by atoms with E-state index in [-0.39, 0.29) is 16.2 Å². The number of sulfonamides is 1. The van der Waals surface area contributed by atoms with Crippen LogP contribution in [0.15, 0.2) is 23.1 Å². The molecule has 25 heavy (non-hydrogen) atoms. The second-order valence-electron chi connectivity index (χ2n) is 6.85. The highest BCUT2D eigenvalue weighted by Crippen LogP contribution is 2.39. The fourth-order valence-corrected chi connectivity index (χ4v) is 4.00. The number of carboxylic acids is 1. The van der Waals surface area contributed by atoms with Crippen molar-refractivity contribution in [2.45, 2.75) is 49.9 Å². The van der Waals surface area contributed by atoms with E-state index < -0.39 is 46.2 Å². The van der Waals surface area contributed by atoms with E-state index in [1.807, 2.05) is 0 Å². The molecule has 0 spiro atoms. The van der Waals surface area contributed by atoms with Gasteiger partial charge in [-0.2, -0.15) is 13.2 Å². The fraction of sp³-hybridized carbons (Fsp3) is 0.533. The van der Waals surface area contributed by atoms with Crippen LogP contribution in [0.4, 0.5) is 13.2 Å². The van der Waals surface area contributed by atoms with Crippen molar-refractivity contribution in [3.63, 3.8) is 0 Å². The second-order valence-corrected chi connectivity index (χ2v) is 8.54. The summed E-state index contributed by atoms with van der Waals surface area (Å²) < 4.78 is 70.9. The first kappa shape index (κ1) is 19.5. The molecule has 2 atom stereocenters. The van der Waals surface area contributed by atoms with E-state index in [2.05, 4.69) is 4.72 Å². The molecule has 1 heterocycles. The molecule has 0 bridgehead atoms. The maximum atomic E-state index is 13.0. The van der Waals surface area contributed by atoms with Crippen LogP contribution >= 0.6 is 0 Å². The second kappa shape index (κ2) is 6.17. The Kier molecular flexibility index (Phi) is 4.81. The van der Waals surface area contributed by atoms with Gasteiger partial charge in [-0.1, -0.05) is 0 Å². The molecular weight excluding hydrogens is 363 g/mol. The molecule has 10 heteroatoms. The van der Waals surface area contributed by atoms with Crippen LogP contribution in [-0.4, -0.2) is 37.3 Å². The third kappa shape index (κ3) is 4.43. The van der Waals surface area contributed by atoms with E-state index in [0.29, 0.717) is 0 Å². The molecule has 0 amide bonds. The Labute approximate surface area is 143 Å². The van der Waals surface area contributed by atoms with E-state index >= 15 is 0 Å². The van der Waals surface area contributed by atoms with Crippen molar-refractivity contribution in [1.82, 2.24) is 4.72 Å². The van der Waals surface area contributed by atoms with Gasteiger partial charge in [0.25, 0.3) is 0 Å². The van der Waals surface area contributed by atoms with E-state index in [0.717, 1.165) is 18.2 Å². The third-order valence-electron chi connectivity index (χ3n) is 3.48. The first-order chi connectivity index (χ1) is 11.2. The average molecular weight is 381 g/mol. The van der Waals surface area contributed by atoms with Crippen molar-refractivity contribution in [2.75, 3.05) is 0 Å². The van der Waals surface area contributed by atoms with Crippen molar-refractivity contribution >= 4 is 16.0 Å². The van der Waals surface area contributed by atoms with Crippen LogP contribution in [0.1, 0.15) is 26.3 Å². The summed E-state index contributed by atoms with van der Waals surface area (Å²) in [6.07, 6.45) is -7.81. The van der Waals surface area contributed by atoms with Crippen molar-refractivity contribution in [3.05, 3.63) is 23.8 Å². The minimum Gasteiger partial charge on any atom is -0.481 e. The highest BCUT2D eigenvalue weighted by molar-refractivity contribution is 7.89. The van der Waals surface area contributed by atoms with Crippen LogP contribution in [0.2, 0.25) is 0 Å². The van der Waals surface area contributed by atoms with Gasteiger partial charge in [0.05, 0.1) is 4.90 Å². The lowest BCUT2D eigenvalue weighted by Gasteiger charge is -2.32. The number of rotatable bonds is 3. The number of halogens is 3. The van der Waals surface area contributed by atoms with Gasteiger partial charge in [-0.25, -0.2) is 13.1 Å². The molecule has 1 aromatic rings. The fourth-order valence-electron chi connectivity index (χ4n) is 2.53. The molecule has 1 aliphatic heterocycles. The van der Waals surface area contributed by atoms with Crippen LogP contribution in [-0.2, 0) is 21.2 Å². The third-order valence-corrected chi connectivity index (χ3v) is 5.24. The molecule has 0 aliphatic carbocycles. The molecule has 0 aromatic heterocycles. The Morgan fingerprint density at radius 2 is 1.88 bits per heavy atom. The molecule has 0 saturated carbocycles. The first-order valence-corrected chi connectivity index (χ1v) is 8.82. The Balaban J connectivity index is 2.42. The van der Waals surface area contributed by atoms with Gasteiger partial charge in [0.15, 0.2) is 0 Å². The highest BCUT2D eigenvalue weighted by atomic mass is 32.2. The zero-order valence-corrected chi connectivity index (χ0v) is 14.5. The van der Waals surface area contributed by atoms with Crippen LogP contribution in [0.25, 0.3) is 0 Å². The summed E-state index contributed by atoms with van der Waals surface area (Å²) >= 11 is 0. The van der Waals surface area contributed by atoms with Gasteiger partial charge in [0.1, 0.15) is 11.7 Å². The number of ether oxygens (including phenoxy) is 1. The molecule has 6 nitrogen and oxygen atoms in total. The summed E-state index contributed by atoms with van der Waals surface area (Å²) in [6, 6.07) is 3.39. The molecule has 0 fully saturated rings. The Bertz CT molecular complexity index is 783. The maximum absolute atomic E-state index is 13.0. The average Bonchev–Trinajstić information content (AvgIpc) is 2.41. The number of aliphatic carboxylic acids is 1. The predicted molar refractivity (Wildman–Crippen MR) is 81.8 cm³/mol. The van der Waals surface area contributed by atoms with Crippen molar-refractivity contribution in [1.29, 1.82) is 0 Å². The number of alkyl halides is 3. The number of hydrogen-bond donors (Lipinski definition) is 2. The minimum absolute atomic E-state index is 0.102. The maximum Gasteiger partial charge on any atom is 0.426 e. The molecule has 1 aromatic carbocycles. The predicted octanol–water partition coefficient (Wildman–Crippen LogP) is 2.33. The molecule has 0 saturated heterocycles. The van der Waals surface area contributed by atoms with Crippen LogP contribution < -0.4 is 9.46 Å². The standard InChI is InChI=1S/C15H18F3NO5S/c1-14(2,3)19-25(22,23)9-4-5-11-8(6-9)7-10(13(20)21)12(24-11)15(16,17)18/h4-6,10,12,19H,7H2,1-3H3,(H,20,21). The molecule has 2 rings (SSSR count). The molecule has 2 unspecified atom stereocenters. The number of nitrogens with one attached hydrogen (secondary N) is 1. The number of carbonyl (C=O) groups is 1. The van der Waals surface area contributed by atoms with Crippen LogP contribution in [0.3, 0.4) is 0 Å². The Morgan fingerprint density at radius 1 is 1.28 bits per heavy atom. The minimum atomic E-state index is -4.85. The largest absolute Gasteiger partial charge is 0.481 e. The van der Waals surface area contributed by atoms with E-state index in [9.17, 15) is 26.4 Å². The van der Waals surface area contributed by atoms with E-state index in [4.69, 9.17) is 9.84 Å². The summed E-state index contributed by atoms with van der Waals surface area (Å²) in [5.41, 5.74) is -0.652. The summed E-state index contributed by atoms with van der Waals surface area (Å²) in [5, 5.41) is 9.07. The lowest BCUT2D eigenvalue weighted by atomic mass is 9.90.